The molecule has 1 saturated carbocycles. The van der Waals surface area contributed by atoms with Crippen LogP contribution in [-0.2, 0) is 26.2 Å². The number of carbonyl (C=O) groups excluding carboxylic acids is 2. The van der Waals surface area contributed by atoms with E-state index in [-0.39, 0.29) is 29.1 Å². The maximum atomic E-state index is 14.2. The number of rotatable bonds is 12. The fraction of sp³-hybridized carbons (Fsp3) is 0.355. The number of nitrogens with zero attached hydrogens (tertiary/aromatic N) is 2. The number of hydrogen-bond donors (Lipinski definition) is 1. The van der Waals surface area contributed by atoms with Gasteiger partial charge in [0.2, 0.25) is 11.8 Å². The van der Waals surface area contributed by atoms with Crippen LogP contribution in [0.1, 0.15) is 44.6 Å². The number of nitrogens with one attached hydrogen (secondary N) is 1. The molecule has 3 aromatic carbocycles. The lowest BCUT2D eigenvalue weighted by molar-refractivity contribution is -0.140. The third kappa shape index (κ3) is 7.21. The number of anilines is 1. The summed E-state index contributed by atoms with van der Waals surface area (Å²) in [6.45, 7) is 1.33. The van der Waals surface area contributed by atoms with E-state index in [9.17, 15) is 18.0 Å². The van der Waals surface area contributed by atoms with E-state index in [1.54, 1.807) is 60.7 Å². The van der Waals surface area contributed by atoms with Crippen LogP contribution < -0.4 is 14.4 Å². The van der Waals surface area contributed by atoms with Gasteiger partial charge in [-0.3, -0.25) is 13.9 Å². The second kappa shape index (κ2) is 13.9. The summed E-state index contributed by atoms with van der Waals surface area (Å²) in [4.78, 5) is 29.2. The number of carbonyl (C=O) groups is 2. The first kappa shape index (κ1) is 30.4. The van der Waals surface area contributed by atoms with Crippen LogP contribution >= 0.6 is 11.6 Å². The first-order valence-electron chi connectivity index (χ1n) is 13.8. The Bertz CT molecular complexity index is 1440. The molecule has 0 unspecified atom stereocenters. The number of amides is 2. The normalized spacial score (nSPS) is 14.3. The van der Waals surface area contributed by atoms with Crippen molar-refractivity contribution >= 4 is 39.1 Å². The number of para-hydroxylation sites is 2. The van der Waals surface area contributed by atoms with Gasteiger partial charge in [0.1, 0.15) is 18.3 Å². The molecule has 0 spiro atoms. The second-order valence-electron chi connectivity index (χ2n) is 10.0. The Hall–Kier alpha value is -3.56. The van der Waals surface area contributed by atoms with Gasteiger partial charge in [-0.15, -0.1) is 0 Å². The van der Waals surface area contributed by atoms with Crippen molar-refractivity contribution < 1.29 is 22.7 Å². The Labute approximate surface area is 247 Å². The maximum Gasteiger partial charge on any atom is 0.264 e. The van der Waals surface area contributed by atoms with Gasteiger partial charge < -0.3 is 15.0 Å². The Kier molecular flexibility index (Phi) is 10.3. The average Bonchev–Trinajstić information content (AvgIpc) is 3.50. The molecule has 1 atom stereocenters. The number of sulfonamides is 1. The van der Waals surface area contributed by atoms with Crippen LogP contribution in [0.3, 0.4) is 0 Å². The van der Waals surface area contributed by atoms with E-state index in [0.29, 0.717) is 22.8 Å². The summed E-state index contributed by atoms with van der Waals surface area (Å²) in [5, 5.41) is 3.56. The number of ether oxygens (including phenoxy) is 1. The predicted molar refractivity (Wildman–Crippen MR) is 160 cm³/mol. The number of halogens is 1. The zero-order valence-electron chi connectivity index (χ0n) is 23.3. The van der Waals surface area contributed by atoms with Crippen LogP contribution in [0, 0.1) is 0 Å². The van der Waals surface area contributed by atoms with Crippen molar-refractivity contribution in [3.63, 3.8) is 0 Å². The minimum atomic E-state index is -4.19. The lowest BCUT2D eigenvalue weighted by Crippen LogP contribution is -2.53. The van der Waals surface area contributed by atoms with Gasteiger partial charge in [-0.25, -0.2) is 8.42 Å². The Morgan fingerprint density at radius 3 is 2.27 bits per heavy atom. The molecule has 1 fully saturated rings. The highest BCUT2D eigenvalue weighted by Gasteiger charge is 2.35. The van der Waals surface area contributed by atoms with Crippen molar-refractivity contribution in [3.8, 4) is 5.75 Å². The molecule has 1 aliphatic carbocycles. The molecule has 1 N–H and O–H groups in total. The molecule has 4 rings (SSSR count). The van der Waals surface area contributed by atoms with Gasteiger partial charge in [0.15, 0.2) is 0 Å². The quantitative estimate of drug-likeness (QED) is 0.301. The first-order valence-corrected chi connectivity index (χ1v) is 15.6. The number of benzene rings is 3. The van der Waals surface area contributed by atoms with Gasteiger partial charge in [-0.1, -0.05) is 79.9 Å². The molecule has 41 heavy (non-hydrogen) atoms. The van der Waals surface area contributed by atoms with Gasteiger partial charge in [0.25, 0.3) is 10.0 Å². The molecule has 2 amide bonds. The molecule has 10 heteroatoms. The molecule has 0 aliphatic heterocycles. The molecule has 0 bridgehead atoms. The van der Waals surface area contributed by atoms with E-state index in [2.05, 4.69) is 5.32 Å². The zero-order chi connectivity index (χ0) is 29.4. The van der Waals surface area contributed by atoms with E-state index in [1.807, 2.05) is 13.0 Å². The monoisotopic (exact) mass is 597 g/mol. The average molecular weight is 598 g/mol. The van der Waals surface area contributed by atoms with E-state index < -0.39 is 28.5 Å². The van der Waals surface area contributed by atoms with Gasteiger partial charge in [0.05, 0.1) is 17.7 Å². The van der Waals surface area contributed by atoms with Crippen molar-refractivity contribution in [2.45, 2.75) is 62.6 Å². The third-order valence-corrected chi connectivity index (χ3v) is 9.49. The van der Waals surface area contributed by atoms with Crippen molar-refractivity contribution in [1.29, 1.82) is 0 Å². The molecule has 0 saturated heterocycles. The first-order chi connectivity index (χ1) is 19.8. The molecule has 0 radical (unpaired) electrons. The number of hydrogen-bond acceptors (Lipinski definition) is 5. The van der Waals surface area contributed by atoms with E-state index in [4.69, 9.17) is 16.3 Å². The van der Waals surface area contributed by atoms with Gasteiger partial charge >= 0.3 is 0 Å². The fourth-order valence-electron chi connectivity index (χ4n) is 5.17. The molecule has 8 nitrogen and oxygen atoms in total. The van der Waals surface area contributed by atoms with E-state index in [1.165, 1.54) is 24.1 Å². The molecular formula is C31H36ClN3O5S. The molecule has 0 aromatic heterocycles. The van der Waals surface area contributed by atoms with Crippen LogP contribution in [0.25, 0.3) is 0 Å². The predicted octanol–water partition coefficient (Wildman–Crippen LogP) is 5.41. The lowest BCUT2D eigenvalue weighted by atomic mass is 10.1. The largest absolute Gasteiger partial charge is 0.495 e. The van der Waals surface area contributed by atoms with E-state index in [0.717, 1.165) is 30.0 Å². The molecule has 0 heterocycles. The zero-order valence-corrected chi connectivity index (χ0v) is 24.9. The van der Waals surface area contributed by atoms with Crippen LogP contribution in [0.15, 0.2) is 83.8 Å². The van der Waals surface area contributed by atoms with E-state index >= 15 is 0 Å². The van der Waals surface area contributed by atoms with Crippen molar-refractivity contribution in [2.24, 2.45) is 0 Å². The lowest BCUT2D eigenvalue weighted by Gasteiger charge is -2.34. The molecule has 218 valence electrons. The highest BCUT2D eigenvalue weighted by atomic mass is 35.5. The summed E-state index contributed by atoms with van der Waals surface area (Å²) in [6.07, 6.45) is 4.24. The van der Waals surface area contributed by atoms with Gasteiger partial charge in [-0.05, 0) is 55.2 Å². The highest BCUT2D eigenvalue weighted by Crippen LogP contribution is 2.33. The highest BCUT2D eigenvalue weighted by molar-refractivity contribution is 7.92. The Balaban J connectivity index is 1.74. The summed E-state index contributed by atoms with van der Waals surface area (Å²) >= 11 is 6.47. The molecular weight excluding hydrogens is 562 g/mol. The summed E-state index contributed by atoms with van der Waals surface area (Å²) in [5.41, 5.74) is 0.873. The van der Waals surface area contributed by atoms with Crippen LogP contribution in [0.2, 0.25) is 5.02 Å². The van der Waals surface area contributed by atoms with Crippen LogP contribution in [0.4, 0.5) is 5.69 Å². The van der Waals surface area contributed by atoms with Crippen molar-refractivity contribution in [2.75, 3.05) is 18.0 Å². The number of methoxy groups -OCH3 is 1. The van der Waals surface area contributed by atoms with Crippen molar-refractivity contribution in [1.82, 2.24) is 10.2 Å². The van der Waals surface area contributed by atoms with Crippen LogP contribution in [0.5, 0.6) is 5.75 Å². The fourth-order valence-corrected chi connectivity index (χ4v) is 6.81. The van der Waals surface area contributed by atoms with Gasteiger partial charge in [-0.2, -0.15) is 0 Å². The maximum absolute atomic E-state index is 14.2. The summed E-state index contributed by atoms with van der Waals surface area (Å²) in [5.74, 6) is -0.498. The molecule has 3 aromatic rings. The smallest absolute Gasteiger partial charge is 0.264 e. The summed E-state index contributed by atoms with van der Waals surface area (Å²) in [6, 6.07) is 20.9. The van der Waals surface area contributed by atoms with Gasteiger partial charge in [0, 0.05) is 17.6 Å². The topological polar surface area (TPSA) is 96.0 Å². The summed E-state index contributed by atoms with van der Waals surface area (Å²) in [7, 11) is -2.75. The molecule has 1 aliphatic rings. The SMILES string of the molecule is CC[C@H](C(=O)NC1CCCC1)N(Cc1ccccc1Cl)C(=O)CN(c1ccccc1OC)S(=O)(=O)c1ccccc1. The minimum Gasteiger partial charge on any atom is -0.495 e. The van der Waals surface area contributed by atoms with Crippen LogP contribution in [-0.4, -0.2) is 50.9 Å². The second-order valence-corrected chi connectivity index (χ2v) is 12.3. The minimum absolute atomic E-state index is 0.0300. The third-order valence-electron chi connectivity index (χ3n) is 7.35. The standard InChI is InChI=1S/C31H36ClN3O5S/c1-3-27(31(37)33-24-14-8-9-15-24)34(21-23-13-7-10-18-26(23)32)30(36)22-35(28-19-11-12-20-29(28)40-2)41(38,39)25-16-5-4-6-17-25/h4-7,10-13,16-20,24,27H,3,8-9,14-15,21-22H2,1-2H3,(H,33,37)/t27-/m1/s1. The summed E-state index contributed by atoms with van der Waals surface area (Å²) < 4.78 is 34.5. The Morgan fingerprint density at radius 1 is 0.976 bits per heavy atom. The Morgan fingerprint density at radius 2 is 1.61 bits per heavy atom. The van der Waals surface area contributed by atoms with Crippen molar-refractivity contribution in [3.05, 3.63) is 89.4 Å².